The predicted molar refractivity (Wildman–Crippen MR) is 134 cm³/mol. The lowest BCUT2D eigenvalue weighted by Crippen LogP contribution is -2.53. The lowest BCUT2D eigenvalue weighted by Gasteiger charge is -2.42. The zero-order chi connectivity index (χ0) is 24.7. The summed E-state index contributed by atoms with van der Waals surface area (Å²) in [6, 6.07) is 12.0. The number of aromatic nitrogens is 1. The molecule has 2 aliphatic heterocycles. The summed E-state index contributed by atoms with van der Waals surface area (Å²) >= 11 is 0. The topological polar surface area (TPSA) is 97.9 Å². The number of benzene rings is 2. The van der Waals surface area contributed by atoms with E-state index in [1.165, 1.54) is 4.90 Å². The summed E-state index contributed by atoms with van der Waals surface area (Å²) in [5.41, 5.74) is 2.52. The number of ether oxygens (including phenoxy) is 1. The molecule has 0 aliphatic carbocycles. The fraction of sp³-hybridized carbons (Fsp3) is 0.407. The number of aromatic hydroxyl groups is 1. The maximum atomic E-state index is 13.8. The number of nitrogens with zero attached hydrogens (tertiary/aromatic N) is 2. The molecule has 3 heterocycles. The van der Waals surface area contributed by atoms with Crippen LogP contribution in [0.15, 0.2) is 42.5 Å². The van der Waals surface area contributed by atoms with Crippen LogP contribution >= 0.6 is 0 Å². The second-order valence-corrected chi connectivity index (χ2v) is 9.42. The monoisotopic (exact) mass is 476 g/mol. The lowest BCUT2D eigenvalue weighted by molar-refractivity contribution is -0.133. The van der Waals surface area contributed by atoms with Crippen molar-refractivity contribution in [2.75, 3.05) is 26.2 Å². The molecule has 0 saturated carbocycles. The van der Waals surface area contributed by atoms with Gasteiger partial charge in [-0.15, -0.1) is 0 Å². The number of H-pyrrole nitrogens is 1. The first-order valence-electron chi connectivity index (χ1n) is 12.3. The standard InChI is InChI=1S/C27H32N4O4/c1-4-28-12-7-13-30-25(33)27(3)16-21-20-15-19(35-5-2)10-11-22(20)29-23(21)24(31(27)26(30)34)17-8-6-9-18(32)14-17/h6,8-11,14-15,24,28-29,32H,4-5,7,12-13,16H2,1-3H3/t24?,27-/m0/s1. The SMILES string of the molecule is CCNCCCN1C(=O)N2C(c3cccc(O)c3)c3[nH]c4ccc(OCC)cc4c3C[C@@]2(C)C1=O. The molecular weight excluding hydrogens is 444 g/mol. The van der Waals surface area contributed by atoms with Gasteiger partial charge in [0, 0.05) is 29.6 Å². The number of nitrogens with one attached hydrogen (secondary N) is 2. The largest absolute Gasteiger partial charge is 0.508 e. The number of urea groups is 1. The number of phenols is 1. The van der Waals surface area contributed by atoms with E-state index in [1.807, 2.05) is 45.0 Å². The summed E-state index contributed by atoms with van der Waals surface area (Å²) in [7, 11) is 0. The summed E-state index contributed by atoms with van der Waals surface area (Å²) in [5, 5.41) is 14.5. The molecule has 1 fully saturated rings. The van der Waals surface area contributed by atoms with Crippen LogP contribution in [0.5, 0.6) is 11.5 Å². The molecule has 2 aliphatic rings. The minimum absolute atomic E-state index is 0.117. The summed E-state index contributed by atoms with van der Waals surface area (Å²) in [6.07, 6.45) is 1.10. The highest BCUT2D eigenvalue weighted by atomic mass is 16.5. The van der Waals surface area contributed by atoms with Crippen molar-refractivity contribution < 1.29 is 19.4 Å². The van der Waals surface area contributed by atoms with E-state index >= 15 is 0 Å². The van der Waals surface area contributed by atoms with Gasteiger partial charge in [-0.2, -0.15) is 0 Å². The molecule has 3 aromatic rings. The van der Waals surface area contributed by atoms with Crippen molar-refractivity contribution in [2.24, 2.45) is 0 Å². The summed E-state index contributed by atoms with van der Waals surface area (Å²) in [5.74, 6) is 0.707. The van der Waals surface area contributed by atoms with Crippen LogP contribution in [-0.2, 0) is 11.2 Å². The van der Waals surface area contributed by atoms with Crippen molar-refractivity contribution in [3.8, 4) is 11.5 Å². The summed E-state index contributed by atoms with van der Waals surface area (Å²) in [6.45, 7) is 8.35. The Balaban J connectivity index is 1.64. The molecule has 1 saturated heterocycles. The predicted octanol–water partition coefficient (Wildman–Crippen LogP) is 3.94. The van der Waals surface area contributed by atoms with E-state index in [9.17, 15) is 14.7 Å². The van der Waals surface area contributed by atoms with Crippen molar-refractivity contribution in [3.05, 3.63) is 59.3 Å². The lowest BCUT2D eigenvalue weighted by atomic mass is 9.81. The van der Waals surface area contributed by atoms with Crippen LogP contribution < -0.4 is 10.1 Å². The first-order chi connectivity index (χ1) is 16.9. The number of amides is 3. The fourth-order valence-corrected chi connectivity index (χ4v) is 5.53. The quantitative estimate of drug-likeness (QED) is 0.338. The Kier molecular flexibility index (Phi) is 5.92. The third kappa shape index (κ3) is 3.72. The van der Waals surface area contributed by atoms with Crippen molar-refractivity contribution >= 4 is 22.8 Å². The molecule has 0 spiro atoms. The van der Waals surface area contributed by atoms with Gasteiger partial charge in [0.25, 0.3) is 5.91 Å². The van der Waals surface area contributed by atoms with Gasteiger partial charge in [-0.3, -0.25) is 14.6 Å². The second kappa shape index (κ2) is 8.92. The molecule has 1 aromatic heterocycles. The Hall–Kier alpha value is -3.52. The Bertz CT molecular complexity index is 1290. The van der Waals surface area contributed by atoms with Gasteiger partial charge in [-0.1, -0.05) is 19.1 Å². The molecule has 0 radical (unpaired) electrons. The van der Waals surface area contributed by atoms with Crippen LogP contribution in [0.3, 0.4) is 0 Å². The third-order valence-electron chi connectivity index (χ3n) is 7.12. The van der Waals surface area contributed by atoms with Gasteiger partial charge in [-0.25, -0.2) is 4.79 Å². The van der Waals surface area contributed by atoms with Crippen LogP contribution in [0.25, 0.3) is 10.9 Å². The Morgan fingerprint density at radius 1 is 1.20 bits per heavy atom. The van der Waals surface area contributed by atoms with Gasteiger partial charge in [0.15, 0.2) is 0 Å². The van der Waals surface area contributed by atoms with E-state index in [2.05, 4.69) is 10.3 Å². The van der Waals surface area contributed by atoms with Gasteiger partial charge in [-0.05, 0) is 74.8 Å². The minimum atomic E-state index is -1.03. The average Bonchev–Trinajstić information content (AvgIpc) is 3.28. The first-order valence-corrected chi connectivity index (χ1v) is 12.3. The molecular formula is C27H32N4O4. The number of hydrogen-bond donors (Lipinski definition) is 3. The number of imide groups is 1. The third-order valence-corrected chi connectivity index (χ3v) is 7.12. The van der Waals surface area contributed by atoms with Gasteiger partial charge < -0.3 is 20.1 Å². The number of hydrogen-bond acceptors (Lipinski definition) is 5. The first kappa shape index (κ1) is 23.2. The van der Waals surface area contributed by atoms with E-state index in [0.29, 0.717) is 26.0 Å². The zero-order valence-electron chi connectivity index (χ0n) is 20.4. The highest BCUT2D eigenvalue weighted by Crippen LogP contribution is 2.49. The molecule has 0 bridgehead atoms. The molecule has 35 heavy (non-hydrogen) atoms. The van der Waals surface area contributed by atoms with E-state index in [-0.39, 0.29) is 17.7 Å². The number of carbonyl (C=O) groups excluding carboxylic acids is 2. The highest BCUT2D eigenvalue weighted by Gasteiger charge is 2.60. The van der Waals surface area contributed by atoms with Gasteiger partial charge in [0.05, 0.1) is 6.61 Å². The molecule has 2 aromatic carbocycles. The Morgan fingerprint density at radius 2 is 2.03 bits per heavy atom. The molecule has 8 nitrogen and oxygen atoms in total. The fourth-order valence-electron chi connectivity index (χ4n) is 5.53. The molecule has 184 valence electrons. The minimum Gasteiger partial charge on any atom is -0.508 e. The molecule has 8 heteroatoms. The highest BCUT2D eigenvalue weighted by molar-refractivity contribution is 6.08. The van der Waals surface area contributed by atoms with E-state index in [0.717, 1.165) is 46.6 Å². The maximum Gasteiger partial charge on any atom is 0.328 e. The van der Waals surface area contributed by atoms with Gasteiger partial charge in [0.2, 0.25) is 0 Å². The Labute approximate surface area is 204 Å². The van der Waals surface area contributed by atoms with Crippen molar-refractivity contribution in [1.29, 1.82) is 0 Å². The van der Waals surface area contributed by atoms with Crippen LogP contribution in [0.1, 0.15) is 50.1 Å². The second-order valence-electron chi connectivity index (χ2n) is 9.42. The molecule has 2 atom stereocenters. The van der Waals surface area contributed by atoms with Crippen LogP contribution in [-0.4, -0.2) is 63.6 Å². The van der Waals surface area contributed by atoms with E-state index in [4.69, 9.17) is 4.74 Å². The summed E-state index contributed by atoms with van der Waals surface area (Å²) < 4.78 is 5.74. The van der Waals surface area contributed by atoms with E-state index < -0.39 is 11.6 Å². The normalized spacial score (nSPS) is 21.5. The van der Waals surface area contributed by atoms with Crippen molar-refractivity contribution in [1.82, 2.24) is 20.1 Å². The molecule has 5 rings (SSSR count). The van der Waals surface area contributed by atoms with Crippen LogP contribution in [0.2, 0.25) is 0 Å². The zero-order valence-corrected chi connectivity index (χ0v) is 20.4. The average molecular weight is 477 g/mol. The molecule has 1 unspecified atom stereocenters. The van der Waals surface area contributed by atoms with E-state index in [1.54, 1.807) is 23.1 Å². The number of carbonyl (C=O) groups is 2. The van der Waals surface area contributed by atoms with Crippen molar-refractivity contribution in [2.45, 2.75) is 45.2 Å². The molecule has 3 amide bonds. The smallest absolute Gasteiger partial charge is 0.328 e. The maximum absolute atomic E-state index is 13.8. The van der Waals surface area contributed by atoms with Crippen molar-refractivity contribution in [3.63, 3.8) is 0 Å². The van der Waals surface area contributed by atoms with Gasteiger partial charge >= 0.3 is 6.03 Å². The number of aromatic amines is 1. The molecule has 3 N–H and O–H groups in total. The number of phenolic OH excluding ortho intramolecular Hbond substituents is 1. The van der Waals surface area contributed by atoms with Crippen LogP contribution in [0, 0.1) is 0 Å². The van der Waals surface area contributed by atoms with Gasteiger partial charge in [0.1, 0.15) is 23.1 Å². The number of rotatable bonds is 8. The summed E-state index contributed by atoms with van der Waals surface area (Å²) in [4.78, 5) is 34.2. The van der Waals surface area contributed by atoms with Crippen LogP contribution in [0.4, 0.5) is 4.79 Å². The Morgan fingerprint density at radius 3 is 2.77 bits per heavy atom. The number of fused-ring (bicyclic) bond motifs is 4.